The van der Waals surface area contributed by atoms with E-state index in [1.54, 1.807) is 0 Å². The number of para-hydroxylation sites is 1. The molecule has 0 spiro atoms. The van der Waals surface area contributed by atoms with Crippen LogP contribution >= 0.6 is 22.7 Å². The van der Waals surface area contributed by atoms with Gasteiger partial charge in [0.15, 0.2) is 0 Å². The van der Waals surface area contributed by atoms with Crippen molar-refractivity contribution >= 4 is 113 Å². The van der Waals surface area contributed by atoms with E-state index in [1.807, 2.05) is 22.7 Å². The monoisotopic (exact) mass is 827 g/mol. The maximum atomic E-state index is 6.56. The Morgan fingerprint density at radius 2 is 1.10 bits per heavy atom. The molecule has 0 radical (unpaired) electrons. The first-order chi connectivity index (χ1) is 30.7. The predicted molar refractivity (Wildman–Crippen MR) is 268 cm³/mol. The van der Waals surface area contributed by atoms with Crippen LogP contribution < -0.4 is 4.90 Å². The Bertz CT molecular complexity index is 3800. The molecule has 0 amide bonds. The summed E-state index contributed by atoms with van der Waals surface area (Å²) in [5.41, 5.74) is 11.6. The lowest BCUT2D eigenvalue weighted by molar-refractivity contribution is 0.672. The minimum atomic E-state index is 0.0863. The summed E-state index contributed by atoms with van der Waals surface area (Å²) in [6.07, 6.45) is 8.09. The van der Waals surface area contributed by atoms with Gasteiger partial charge in [-0.2, -0.15) is 0 Å². The second kappa shape index (κ2) is 14.2. The Morgan fingerprint density at radius 1 is 0.468 bits per heavy atom. The van der Waals surface area contributed by atoms with Crippen LogP contribution in [0.3, 0.4) is 0 Å². The van der Waals surface area contributed by atoms with Crippen LogP contribution in [-0.2, 0) is 0 Å². The molecule has 3 aromatic heterocycles. The van der Waals surface area contributed by atoms with E-state index in [0.717, 1.165) is 45.0 Å². The van der Waals surface area contributed by atoms with E-state index >= 15 is 0 Å². The molecule has 3 heterocycles. The first-order valence-corrected chi connectivity index (χ1v) is 22.9. The molecule has 1 aliphatic carbocycles. The third-order valence-corrected chi connectivity index (χ3v) is 15.3. The number of furan rings is 1. The standard InChI is InChI=1S/C58H37NOS2/c1-2-13-43-36(11-1)27-33-48-51-35-39(28-34-53(51)60-56(43)48)42-12-3-6-20-52(42)59(40-29-23-37(24-30-40)44-16-9-18-49-46-14-4-7-21-54(46)61-57(44)49)41-31-25-38(26-32-41)45-17-10-19-50-47-15-5-8-22-55(47)62-58(45)50/h1-31,33-35,41H,32H2. The summed E-state index contributed by atoms with van der Waals surface area (Å²) in [5.74, 6) is 0. The number of hydrogen-bond acceptors (Lipinski definition) is 4. The zero-order chi connectivity index (χ0) is 40.7. The lowest BCUT2D eigenvalue weighted by atomic mass is 9.93. The minimum Gasteiger partial charge on any atom is -0.455 e. The Labute approximate surface area is 366 Å². The van der Waals surface area contributed by atoms with Crippen molar-refractivity contribution in [3.63, 3.8) is 0 Å². The number of nitrogens with zero attached hydrogens (tertiary/aromatic N) is 1. The molecule has 1 unspecified atom stereocenters. The molecule has 1 aliphatic rings. The second-order valence-corrected chi connectivity index (χ2v) is 18.4. The molecule has 0 aliphatic heterocycles. The Hall–Kier alpha value is -7.24. The summed E-state index contributed by atoms with van der Waals surface area (Å²) in [6, 6.07) is 68.9. The van der Waals surface area contributed by atoms with Gasteiger partial charge in [0.05, 0.1) is 6.04 Å². The van der Waals surface area contributed by atoms with Crippen LogP contribution in [0, 0.1) is 0 Å². The second-order valence-electron chi connectivity index (χ2n) is 16.3. The molecule has 0 fully saturated rings. The molecule has 9 aromatic carbocycles. The highest BCUT2D eigenvalue weighted by atomic mass is 32.1. The smallest absolute Gasteiger partial charge is 0.143 e. The van der Waals surface area contributed by atoms with Gasteiger partial charge in [-0.05, 0) is 88.2 Å². The van der Waals surface area contributed by atoms with Crippen LogP contribution in [0.1, 0.15) is 12.0 Å². The molecule has 0 bridgehead atoms. The maximum Gasteiger partial charge on any atom is 0.143 e. The fourth-order valence-electron chi connectivity index (χ4n) is 9.86. The van der Waals surface area contributed by atoms with Gasteiger partial charge in [0.2, 0.25) is 0 Å². The predicted octanol–water partition coefficient (Wildman–Crippen LogP) is 17.4. The van der Waals surface area contributed by atoms with E-state index in [1.165, 1.54) is 79.2 Å². The van der Waals surface area contributed by atoms with Crippen LogP contribution in [0.15, 0.2) is 211 Å². The zero-order valence-corrected chi connectivity index (χ0v) is 35.2. The molecule has 2 nitrogen and oxygen atoms in total. The van der Waals surface area contributed by atoms with Gasteiger partial charge in [-0.3, -0.25) is 0 Å². The first kappa shape index (κ1) is 35.5. The molecule has 4 heteroatoms. The maximum absolute atomic E-state index is 6.56. The number of allylic oxidation sites excluding steroid dienone is 2. The van der Waals surface area contributed by atoms with Crippen molar-refractivity contribution < 1.29 is 4.42 Å². The topological polar surface area (TPSA) is 16.4 Å². The number of thiophene rings is 2. The van der Waals surface area contributed by atoms with Gasteiger partial charge in [-0.25, -0.2) is 0 Å². The fourth-order valence-corrected chi connectivity index (χ4v) is 12.3. The SMILES string of the molecule is C1=CC(N(c2ccc(-c3cccc4c3sc3ccccc34)cc2)c2ccccc2-c2ccc3oc4c5ccccc5ccc4c3c2)CC=C1c1cccc2c1sc1ccccc12. The fraction of sp³-hybridized carbons (Fsp3) is 0.0345. The van der Waals surface area contributed by atoms with Crippen molar-refractivity contribution in [2.24, 2.45) is 0 Å². The van der Waals surface area contributed by atoms with Gasteiger partial charge in [0, 0.05) is 73.4 Å². The number of hydrogen-bond donors (Lipinski definition) is 0. The average molecular weight is 828 g/mol. The van der Waals surface area contributed by atoms with Crippen molar-refractivity contribution in [2.45, 2.75) is 12.5 Å². The molecule has 292 valence electrons. The third-order valence-electron chi connectivity index (χ3n) is 12.8. The van der Waals surface area contributed by atoms with Crippen LogP contribution in [0.25, 0.3) is 101 Å². The van der Waals surface area contributed by atoms with Gasteiger partial charge in [-0.15, -0.1) is 22.7 Å². The van der Waals surface area contributed by atoms with Crippen LogP contribution in [0.5, 0.6) is 0 Å². The summed E-state index contributed by atoms with van der Waals surface area (Å²) in [7, 11) is 0. The molecule has 0 saturated heterocycles. The van der Waals surface area contributed by atoms with E-state index in [0.29, 0.717) is 0 Å². The lowest BCUT2D eigenvalue weighted by Gasteiger charge is -2.35. The third kappa shape index (κ3) is 5.61. The average Bonchev–Trinajstić information content (AvgIpc) is 4.04. The first-order valence-electron chi connectivity index (χ1n) is 21.3. The van der Waals surface area contributed by atoms with E-state index in [9.17, 15) is 0 Å². The molecular weight excluding hydrogens is 791 g/mol. The molecule has 0 N–H and O–H groups in total. The quantitative estimate of drug-likeness (QED) is 0.166. The Balaban J connectivity index is 0.933. The van der Waals surface area contributed by atoms with Crippen molar-refractivity contribution in [3.8, 4) is 22.3 Å². The number of fused-ring (bicyclic) bond motifs is 11. The molecule has 13 rings (SSSR count). The van der Waals surface area contributed by atoms with Crippen molar-refractivity contribution in [3.05, 3.63) is 212 Å². The molecular formula is C58H37NOS2. The van der Waals surface area contributed by atoms with Crippen LogP contribution in [-0.4, -0.2) is 6.04 Å². The van der Waals surface area contributed by atoms with Gasteiger partial charge in [0.1, 0.15) is 11.2 Å². The highest BCUT2D eigenvalue weighted by molar-refractivity contribution is 7.26. The van der Waals surface area contributed by atoms with Gasteiger partial charge in [-0.1, -0.05) is 158 Å². The van der Waals surface area contributed by atoms with E-state index in [-0.39, 0.29) is 6.04 Å². The normalized spacial score (nSPS) is 14.3. The summed E-state index contributed by atoms with van der Waals surface area (Å²) >= 11 is 3.78. The highest BCUT2D eigenvalue weighted by Gasteiger charge is 2.25. The lowest BCUT2D eigenvalue weighted by Crippen LogP contribution is -2.30. The zero-order valence-electron chi connectivity index (χ0n) is 33.6. The van der Waals surface area contributed by atoms with Crippen LogP contribution in [0.2, 0.25) is 0 Å². The molecule has 0 saturated carbocycles. The summed E-state index contributed by atoms with van der Waals surface area (Å²) in [4.78, 5) is 2.55. The Morgan fingerprint density at radius 3 is 1.85 bits per heavy atom. The van der Waals surface area contributed by atoms with Gasteiger partial charge >= 0.3 is 0 Å². The Kier molecular flexibility index (Phi) is 8.12. The molecule has 1 atom stereocenters. The largest absolute Gasteiger partial charge is 0.455 e. The van der Waals surface area contributed by atoms with Gasteiger partial charge < -0.3 is 9.32 Å². The van der Waals surface area contributed by atoms with Crippen molar-refractivity contribution in [1.82, 2.24) is 0 Å². The van der Waals surface area contributed by atoms with E-state index in [4.69, 9.17) is 4.42 Å². The highest BCUT2D eigenvalue weighted by Crippen LogP contribution is 2.45. The number of rotatable bonds is 6. The number of benzene rings is 9. The van der Waals surface area contributed by atoms with Gasteiger partial charge in [0.25, 0.3) is 0 Å². The van der Waals surface area contributed by atoms with E-state index < -0.39 is 0 Å². The van der Waals surface area contributed by atoms with Crippen molar-refractivity contribution in [1.29, 1.82) is 0 Å². The van der Waals surface area contributed by atoms with Crippen molar-refractivity contribution in [2.75, 3.05) is 4.90 Å². The minimum absolute atomic E-state index is 0.0863. The van der Waals surface area contributed by atoms with Crippen LogP contribution in [0.4, 0.5) is 11.4 Å². The summed E-state index contributed by atoms with van der Waals surface area (Å²) in [6.45, 7) is 0. The summed E-state index contributed by atoms with van der Waals surface area (Å²) in [5, 5.41) is 9.90. The van der Waals surface area contributed by atoms with E-state index in [2.05, 4.69) is 211 Å². The summed E-state index contributed by atoms with van der Waals surface area (Å²) < 4.78 is 11.9. The molecule has 62 heavy (non-hydrogen) atoms. The molecule has 12 aromatic rings. The number of anilines is 2.